The van der Waals surface area contributed by atoms with Crippen LogP contribution in [0.15, 0.2) is 27.4 Å². The van der Waals surface area contributed by atoms with Gasteiger partial charge in [0.1, 0.15) is 5.75 Å². The third-order valence-corrected chi connectivity index (χ3v) is 5.01. The average Bonchev–Trinajstić information content (AvgIpc) is 3.20. The molecule has 0 bridgehead atoms. The standard InChI is InChI=1S/C17H22N4O3/c1-12(14-4-3-13-5-10-23-15(13)11-14)20-6-8-21(9-7-20)16-18-19(2)17(22)24-16/h3-4,11-12H,5-10H2,1-2H3/t12-/m0/s1. The maximum absolute atomic E-state index is 11.4. The number of fused-ring (bicyclic) bond motifs is 1. The van der Waals surface area contributed by atoms with E-state index >= 15 is 0 Å². The molecule has 7 heteroatoms. The predicted molar refractivity (Wildman–Crippen MR) is 89.6 cm³/mol. The molecule has 2 aliphatic heterocycles. The van der Waals surface area contributed by atoms with E-state index in [0.29, 0.717) is 12.1 Å². The first-order valence-corrected chi connectivity index (χ1v) is 8.40. The third-order valence-electron chi connectivity index (χ3n) is 5.01. The molecule has 0 spiro atoms. The number of ether oxygens (including phenoxy) is 1. The summed E-state index contributed by atoms with van der Waals surface area (Å²) in [6.07, 6.45) is 1.01. The van der Waals surface area contributed by atoms with Crippen LogP contribution in [-0.2, 0) is 13.5 Å². The van der Waals surface area contributed by atoms with Crippen LogP contribution < -0.4 is 15.4 Å². The summed E-state index contributed by atoms with van der Waals surface area (Å²) in [4.78, 5) is 15.9. The van der Waals surface area contributed by atoms with Gasteiger partial charge in [-0.05, 0) is 24.1 Å². The van der Waals surface area contributed by atoms with E-state index in [2.05, 4.69) is 35.1 Å². The molecule has 0 saturated carbocycles. The highest BCUT2D eigenvalue weighted by atomic mass is 16.5. The predicted octanol–water partition coefficient (Wildman–Crippen LogP) is 1.19. The first kappa shape index (κ1) is 15.3. The Hall–Kier alpha value is -2.28. The van der Waals surface area contributed by atoms with Crippen molar-refractivity contribution in [1.82, 2.24) is 14.7 Å². The molecule has 1 aromatic heterocycles. The molecule has 1 fully saturated rings. The molecular formula is C17H22N4O3. The molecule has 128 valence electrons. The van der Waals surface area contributed by atoms with Gasteiger partial charge in [0, 0.05) is 45.7 Å². The van der Waals surface area contributed by atoms with Crippen molar-refractivity contribution in [2.75, 3.05) is 37.7 Å². The van der Waals surface area contributed by atoms with Crippen molar-refractivity contribution < 1.29 is 9.15 Å². The molecule has 0 aliphatic carbocycles. The Balaban J connectivity index is 1.42. The van der Waals surface area contributed by atoms with Gasteiger partial charge in [-0.3, -0.25) is 4.90 Å². The van der Waals surface area contributed by atoms with Gasteiger partial charge < -0.3 is 14.1 Å². The molecule has 3 heterocycles. The van der Waals surface area contributed by atoms with Crippen LogP contribution >= 0.6 is 0 Å². The molecular weight excluding hydrogens is 308 g/mol. The Morgan fingerprint density at radius 2 is 2.00 bits per heavy atom. The highest BCUT2D eigenvalue weighted by molar-refractivity contribution is 5.41. The minimum absolute atomic E-state index is 0.331. The molecule has 1 saturated heterocycles. The second kappa shape index (κ2) is 5.98. The van der Waals surface area contributed by atoms with E-state index in [1.165, 1.54) is 15.8 Å². The summed E-state index contributed by atoms with van der Waals surface area (Å²) >= 11 is 0. The summed E-state index contributed by atoms with van der Waals surface area (Å²) in [5.41, 5.74) is 2.59. The van der Waals surface area contributed by atoms with Gasteiger partial charge in [0.25, 0.3) is 0 Å². The summed E-state index contributed by atoms with van der Waals surface area (Å²) in [6, 6.07) is 7.32. The van der Waals surface area contributed by atoms with Gasteiger partial charge in [0.2, 0.25) is 0 Å². The summed E-state index contributed by atoms with van der Waals surface area (Å²) in [5, 5.41) is 4.13. The van der Waals surface area contributed by atoms with Crippen molar-refractivity contribution in [3.8, 4) is 5.75 Å². The molecule has 4 rings (SSSR count). The highest BCUT2D eigenvalue weighted by Crippen LogP contribution is 2.31. The van der Waals surface area contributed by atoms with E-state index in [9.17, 15) is 4.79 Å². The Bertz CT molecular complexity index is 789. The SMILES string of the molecule is C[C@@H](c1ccc2c(c1)OCC2)N1CCN(c2nn(C)c(=O)o2)CC1. The van der Waals surface area contributed by atoms with Crippen molar-refractivity contribution in [3.63, 3.8) is 0 Å². The van der Waals surface area contributed by atoms with E-state index in [1.54, 1.807) is 7.05 Å². The monoisotopic (exact) mass is 330 g/mol. The lowest BCUT2D eigenvalue weighted by molar-refractivity contribution is 0.195. The van der Waals surface area contributed by atoms with Crippen LogP contribution in [0.2, 0.25) is 0 Å². The molecule has 1 aromatic carbocycles. The molecule has 7 nitrogen and oxygen atoms in total. The zero-order valence-electron chi connectivity index (χ0n) is 14.1. The minimum atomic E-state index is -0.418. The van der Waals surface area contributed by atoms with E-state index < -0.39 is 5.76 Å². The van der Waals surface area contributed by atoms with Gasteiger partial charge >= 0.3 is 11.8 Å². The second-order valence-corrected chi connectivity index (χ2v) is 6.44. The summed E-state index contributed by atoms with van der Waals surface area (Å²) in [7, 11) is 1.60. The average molecular weight is 330 g/mol. The molecule has 0 unspecified atom stereocenters. The quantitative estimate of drug-likeness (QED) is 0.842. The Morgan fingerprint density at radius 1 is 1.21 bits per heavy atom. The van der Waals surface area contributed by atoms with E-state index in [-0.39, 0.29) is 0 Å². The van der Waals surface area contributed by atoms with Crippen LogP contribution in [0.5, 0.6) is 5.75 Å². The van der Waals surface area contributed by atoms with Crippen molar-refractivity contribution in [2.24, 2.45) is 7.05 Å². The van der Waals surface area contributed by atoms with Gasteiger partial charge in [-0.1, -0.05) is 12.1 Å². The fourth-order valence-corrected chi connectivity index (χ4v) is 3.42. The zero-order valence-corrected chi connectivity index (χ0v) is 14.1. The van der Waals surface area contributed by atoms with E-state index in [1.807, 2.05) is 4.90 Å². The number of aromatic nitrogens is 2. The number of hydrogen-bond donors (Lipinski definition) is 0. The molecule has 1 atom stereocenters. The molecule has 24 heavy (non-hydrogen) atoms. The number of aryl methyl sites for hydroxylation is 1. The normalized spacial score (nSPS) is 19.2. The maximum Gasteiger partial charge on any atom is 0.438 e. The lowest BCUT2D eigenvalue weighted by Gasteiger charge is -2.37. The summed E-state index contributed by atoms with van der Waals surface area (Å²) < 4.78 is 12.1. The van der Waals surface area contributed by atoms with Gasteiger partial charge in [-0.2, -0.15) is 4.68 Å². The number of benzene rings is 1. The van der Waals surface area contributed by atoms with Gasteiger partial charge in [0.15, 0.2) is 0 Å². The van der Waals surface area contributed by atoms with Crippen molar-refractivity contribution in [1.29, 1.82) is 0 Å². The molecule has 2 aliphatic rings. The number of nitrogens with zero attached hydrogens (tertiary/aromatic N) is 4. The van der Waals surface area contributed by atoms with Crippen LogP contribution in [-0.4, -0.2) is 47.5 Å². The minimum Gasteiger partial charge on any atom is -0.493 e. The first-order chi connectivity index (χ1) is 11.6. The molecule has 2 aromatic rings. The van der Waals surface area contributed by atoms with Gasteiger partial charge in [0.05, 0.1) is 6.61 Å². The second-order valence-electron chi connectivity index (χ2n) is 6.44. The van der Waals surface area contributed by atoms with E-state index in [4.69, 9.17) is 9.15 Å². The summed E-state index contributed by atoms with van der Waals surface area (Å²) in [6.45, 7) is 6.42. The number of anilines is 1. The first-order valence-electron chi connectivity index (χ1n) is 8.40. The maximum atomic E-state index is 11.4. The van der Waals surface area contributed by atoms with Crippen LogP contribution in [0.25, 0.3) is 0 Å². The van der Waals surface area contributed by atoms with Gasteiger partial charge in [-0.25, -0.2) is 4.79 Å². The number of hydrogen-bond acceptors (Lipinski definition) is 6. The number of piperazine rings is 1. The topological polar surface area (TPSA) is 63.7 Å². The van der Waals surface area contributed by atoms with Crippen LogP contribution in [0.3, 0.4) is 0 Å². The molecule has 0 radical (unpaired) electrons. The lowest BCUT2D eigenvalue weighted by atomic mass is 10.0. The molecule has 0 N–H and O–H groups in total. The van der Waals surface area contributed by atoms with Crippen LogP contribution in [0.1, 0.15) is 24.1 Å². The highest BCUT2D eigenvalue weighted by Gasteiger charge is 2.25. The van der Waals surface area contributed by atoms with Gasteiger partial charge in [-0.15, -0.1) is 5.10 Å². The Kier molecular flexibility index (Phi) is 3.80. The zero-order chi connectivity index (χ0) is 16.7. The van der Waals surface area contributed by atoms with Crippen LogP contribution in [0.4, 0.5) is 6.01 Å². The van der Waals surface area contributed by atoms with Crippen molar-refractivity contribution >= 4 is 6.01 Å². The Labute approximate surface area is 140 Å². The largest absolute Gasteiger partial charge is 0.493 e. The van der Waals surface area contributed by atoms with Crippen LogP contribution in [0, 0.1) is 0 Å². The smallest absolute Gasteiger partial charge is 0.438 e. The van der Waals surface area contributed by atoms with Crippen molar-refractivity contribution in [2.45, 2.75) is 19.4 Å². The number of rotatable bonds is 3. The van der Waals surface area contributed by atoms with E-state index in [0.717, 1.165) is 45.0 Å². The molecule has 0 amide bonds. The lowest BCUT2D eigenvalue weighted by Crippen LogP contribution is -2.47. The fourth-order valence-electron chi connectivity index (χ4n) is 3.42. The third kappa shape index (κ3) is 2.69. The fraction of sp³-hybridized carbons (Fsp3) is 0.529. The summed E-state index contributed by atoms with van der Waals surface area (Å²) in [5.74, 6) is 0.618. The Morgan fingerprint density at radius 3 is 2.71 bits per heavy atom. The van der Waals surface area contributed by atoms with Crippen molar-refractivity contribution in [3.05, 3.63) is 39.9 Å².